The van der Waals surface area contributed by atoms with Crippen molar-refractivity contribution >= 4 is 15.8 Å². The molecule has 0 spiro atoms. The van der Waals surface area contributed by atoms with E-state index in [1.807, 2.05) is 0 Å². The third kappa shape index (κ3) is 3.18. The summed E-state index contributed by atoms with van der Waals surface area (Å²) in [5.41, 5.74) is -0.460. The van der Waals surface area contributed by atoms with Crippen LogP contribution in [0.15, 0.2) is 33.9 Å². The number of hydrogen-bond acceptors (Lipinski definition) is 4. The lowest BCUT2D eigenvalue weighted by Gasteiger charge is -2.12. The Hall–Kier alpha value is -2.03. The number of anilines is 1. The molecule has 2 aromatic rings. The van der Waals surface area contributed by atoms with Gasteiger partial charge in [0.2, 0.25) is 0 Å². The normalized spacial score (nSPS) is 12.4. The maximum atomic E-state index is 12.6. The molecular formula is C12H11F3N2O3S. The number of benzene rings is 1. The zero-order valence-corrected chi connectivity index (χ0v) is 11.8. The molecule has 0 atom stereocenters. The molecule has 0 amide bonds. The molecule has 0 radical (unpaired) electrons. The Balaban J connectivity index is 2.39. The largest absolute Gasteiger partial charge is 0.416 e. The van der Waals surface area contributed by atoms with Crippen LogP contribution in [-0.2, 0) is 16.2 Å². The Bertz CT molecular complexity index is 766. The second-order valence-electron chi connectivity index (χ2n) is 4.43. The molecule has 2 rings (SSSR count). The Morgan fingerprint density at radius 2 is 1.86 bits per heavy atom. The van der Waals surface area contributed by atoms with Gasteiger partial charge in [-0.3, -0.25) is 4.72 Å². The van der Waals surface area contributed by atoms with Crippen LogP contribution in [0.2, 0.25) is 0 Å². The van der Waals surface area contributed by atoms with Gasteiger partial charge in [-0.05, 0) is 37.6 Å². The van der Waals surface area contributed by atoms with Crippen LogP contribution in [0.25, 0.3) is 0 Å². The Morgan fingerprint density at radius 3 is 2.33 bits per heavy atom. The summed E-state index contributed by atoms with van der Waals surface area (Å²) in [4.78, 5) is -0.252. The number of nitrogens with one attached hydrogen (secondary N) is 1. The first-order valence-corrected chi connectivity index (χ1v) is 7.21. The molecule has 0 bridgehead atoms. The van der Waals surface area contributed by atoms with Gasteiger partial charge in [0, 0.05) is 5.56 Å². The van der Waals surface area contributed by atoms with E-state index in [4.69, 9.17) is 0 Å². The number of alkyl halides is 3. The minimum atomic E-state index is -4.52. The van der Waals surface area contributed by atoms with Crippen molar-refractivity contribution in [2.24, 2.45) is 0 Å². The van der Waals surface area contributed by atoms with Crippen LogP contribution in [-0.4, -0.2) is 13.6 Å². The summed E-state index contributed by atoms with van der Waals surface area (Å²) in [5.74, 6) is -0.00528. The predicted molar refractivity (Wildman–Crippen MR) is 68.2 cm³/mol. The van der Waals surface area contributed by atoms with E-state index in [-0.39, 0.29) is 16.3 Å². The molecule has 1 heterocycles. The number of halogens is 3. The molecule has 1 aromatic carbocycles. The van der Waals surface area contributed by atoms with Gasteiger partial charge < -0.3 is 4.52 Å². The van der Waals surface area contributed by atoms with Gasteiger partial charge in [-0.15, -0.1) is 0 Å². The van der Waals surface area contributed by atoms with Crippen LogP contribution in [0.3, 0.4) is 0 Å². The summed E-state index contributed by atoms with van der Waals surface area (Å²) >= 11 is 0. The van der Waals surface area contributed by atoms with Gasteiger partial charge in [0.25, 0.3) is 10.0 Å². The molecule has 0 aliphatic carbocycles. The van der Waals surface area contributed by atoms with E-state index in [9.17, 15) is 21.6 Å². The van der Waals surface area contributed by atoms with Crippen molar-refractivity contribution in [3.05, 3.63) is 41.2 Å². The lowest BCUT2D eigenvalue weighted by Crippen LogP contribution is -2.16. The summed E-state index contributed by atoms with van der Waals surface area (Å²) < 4.78 is 68.8. The third-order valence-corrected chi connectivity index (χ3v) is 4.27. The van der Waals surface area contributed by atoms with Crippen molar-refractivity contribution in [1.82, 2.24) is 5.16 Å². The molecule has 21 heavy (non-hydrogen) atoms. The van der Waals surface area contributed by atoms with E-state index in [2.05, 4.69) is 14.4 Å². The Labute approximate surface area is 118 Å². The summed E-state index contributed by atoms with van der Waals surface area (Å²) in [6.07, 6.45) is -3.28. The molecule has 0 saturated heterocycles. The SMILES string of the molecule is Cc1cc(C(F)(F)F)ccc1S(=O)(=O)Nc1nocc1C. The summed E-state index contributed by atoms with van der Waals surface area (Å²) in [6.45, 7) is 2.87. The van der Waals surface area contributed by atoms with Gasteiger partial charge in [0.15, 0.2) is 5.82 Å². The quantitative estimate of drug-likeness (QED) is 0.943. The highest BCUT2D eigenvalue weighted by Gasteiger charge is 2.31. The first-order valence-electron chi connectivity index (χ1n) is 5.73. The molecule has 1 aromatic heterocycles. The van der Waals surface area contributed by atoms with Gasteiger partial charge in [-0.25, -0.2) is 8.42 Å². The lowest BCUT2D eigenvalue weighted by atomic mass is 10.1. The minimum absolute atomic E-state index is 0.00528. The van der Waals surface area contributed by atoms with Gasteiger partial charge in [-0.1, -0.05) is 5.16 Å². The first kappa shape index (κ1) is 15.4. The maximum absolute atomic E-state index is 12.6. The molecular weight excluding hydrogens is 309 g/mol. The van der Waals surface area contributed by atoms with Gasteiger partial charge >= 0.3 is 6.18 Å². The van der Waals surface area contributed by atoms with Crippen molar-refractivity contribution in [2.45, 2.75) is 24.9 Å². The number of aromatic nitrogens is 1. The Kier molecular flexibility index (Phi) is 3.70. The average molecular weight is 320 g/mol. The second kappa shape index (κ2) is 5.06. The fraction of sp³-hybridized carbons (Fsp3) is 0.250. The van der Waals surface area contributed by atoms with Crippen LogP contribution < -0.4 is 4.72 Å². The van der Waals surface area contributed by atoms with E-state index in [0.29, 0.717) is 5.56 Å². The molecule has 0 fully saturated rings. The molecule has 1 N–H and O–H groups in total. The zero-order valence-electron chi connectivity index (χ0n) is 11.0. The van der Waals surface area contributed by atoms with Gasteiger partial charge in [-0.2, -0.15) is 13.2 Å². The monoisotopic (exact) mass is 320 g/mol. The number of hydrogen-bond donors (Lipinski definition) is 1. The summed E-state index contributed by atoms with van der Waals surface area (Å²) in [5, 5.41) is 3.47. The number of sulfonamides is 1. The van der Waals surface area contributed by atoms with Crippen molar-refractivity contribution in [2.75, 3.05) is 4.72 Å². The van der Waals surface area contributed by atoms with Crippen LogP contribution >= 0.6 is 0 Å². The maximum Gasteiger partial charge on any atom is 0.416 e. The van der Waals surface area contributed by atoms with Crippen LogP contribution in [0, 0.1) is 13.8 Å². The molecule has 0 aliphatic heterocycles. The van der Waals surface area contributed by atoms with E-state index in [1.54, 1.807) is 6.92 Å². The highest BCUT2D eigenvalue weighted by molar-refractivity contribution is 7.92. The van der Waals surface area contributed by atoms with Crippen molar-refractivity contribution in [3.8, 4) is 0 Å². The average Bonchev–Trinajstić information content (AvgIpc) is 2.72. The highest BCUT2D eigenvalue weighted by Crippen LogP contribution is 2.31. The van der Waals surface area contributed by atoms with E-state index < -0.39 is 21.8 Å². The van der Waals surface area contributed by atoms with Crippen molar-refractivity contribution in [1.29, 1.82) is 0 Å². The van der Waals surface area contributed by atoms with Crippen molar-refractivity contribution in [3.63, 3.8) is 0 Å². The predicted octanol–water partition coefficient (Wildman–Crippen LogP) is 3.11. The van der Waals surface area contributed by atoms with E-state index in [0.717, 1.165) is 18.2 Å². The lowest BCUT2D eigenvalue weighted by molar-refractivity contribution is -0.137. The van der Waals surface area contributed by atoms with Gasteiger partial charge in [0.1, 0.15) is 6.26 Å². The van der Waals surface area contributed by atoms with E-state index >= 15 is 0 Å². The van der Waals surface area contributed by atoms with Gasteiger partial charge in [0.05, 0.1) is 10.5 Å². The van der Waals surface area contributed by atoms with E-state index in [1.165, 1.54) is 13.2 Å². The highest BCUT2D eigenvalue weighted by atomic mass is 32.2. The van der Waals surface area contributed by atoms with Crippen LogP contribution in [0.1, 0.15) is 16.7 Å². The molecule has 9 heteroatoms. The number of nitrogens with zero attached hydrogens (tertiary/aromatic N) is 1. The summed E-state index contributed by atoms with van der Waals surface area (Å²) in [7, 11) is -4.04. The molecule has 5 nitrogen and oxygen atoms in total. The Morgan fingerprint density at radius 1 is 1.19 bits per heavy atom. The topological polar surface area (TPSA) is 72.2 Å². The first-order chi connectivity index (χ1) is 9.61. The molecule has 0 saturated carbocycles. The summed E-state index contributed by atoms with van der Waals surface area (Å²) in [6, 6.07) is 2.41. The zero-order chi connectivity index (χ0) is 15.8. The van der Waals surface area contributed by atoms with Crippen LogP contribution in [0.4, 0.5) is 19.0 Å². The van der Waals surface area contributed by atoms with Crippen LogP contribution in [0.5, 0.6) is 0 Å². The second-order valence-corrected chi connectivity index (χ2v) is 6.08. The van der Waals surface area contributed by atoms with Crippen molar-refractivity contribution < 1.29 is 26.1 Å². The third-order valence-electron chi connectivity index (χ3n) is 2.77. The molecule has 0 unspecified atom stereocenters. The number of rotatable bonds is 3. The molecule has 0 aliphatic rings. The minimum Gasteiger partial charge on any atom is -0.362 e. The smallest absolute Gasteiger partial charge is 0.362 e. The fourth-order valence-electron chi connectivity index (χ4n) is 1.69. The molecule has 114 valence electrons. The number of aryl methyl sites for hydroxylation is 2. The standard InChI is InChI=1S/C12H11F3N2O3S/c1-7-5-9(12(13,14)15)3-4-10(7)21(18,19)17-11-8(2)6-20-16-11/h3-6H,1-2H3,(H,16,17). The fourth-order valence-corrected chi connectivity index (χ4v) is 2.99.